The van der Waals surface area contributed by atoms with Crippen LogP contribution < -0.4 is 5.32 Å². The highest BCUT2D eigenvalue weighted by molar-refractivity contribution is 7.99. The minimum atomic E-state index is 0.763. The number of hydrogen-bond acceptors (Lipinski definition) is 4. The Bertz CT molecular complexity index is 353. The molecule has 1 aliphatic heterocycles. The van der Waals surface area contributed by atoms with E-state index in [0.717, 1.165) is 43.0 Å². The van der Waals surface area contributed by atoms with Gasteiger partial charge < -0.3 is 10.1 Å². The standard InChI is InChI=1S/C14H22N2OS/c1-2-6-15-14-10-12(3-7-16-14)11-18-13-4-8-17-9-5-13/h3,7,10,13H,2,4-6,8-9,11H2,1H3,(H,15,16). The first kappa shape index (κ1) is 13.7. The Morgan fingerprint density at radius 2 is 2.28 bits per heavy atom. The number of hydrogen-bond donors (Lipinski definition) is 1. The summed E-state index contributed by atoms with van der Waals surface area (Å²) < 4.78 is 5.38. The molecule has 3 nitrogen and oxygen atoms in total. The second-order valence-corrected chi connectivity index (χ2v) is 5.89. The first-order valence-corrected chi connectivity index (χ1v) is 7.81. The summed E-state index contributed by atoms with van der Waals surface area (Å²) in [4.78, 5) is 4.33. The average Bonchev–Trinajstić information content (AvgIpc) is 2.44. The second-order valence-electron chi connectivity index (χ2n) is 4.60. The van der Waals surface area contributed by atoms with Gasteiger partial charge in [0.25, 0.3) is 0 Å². The van der Waals surface area contributed by atoms with E-state index in [-0.39, 0.29) is 0 Å². The van der Waals surface area contributed by atoms with E-state index in [1.807, 2.05) is 18.0 Å². The fraction of sp³-hybridized carbons (Fsp3) is 0.643. The molecule has 0 unspecified atom stereocenters. The minimum absolute atomic E-state index is 0.763. The lowest BCUT2D eigenvalue weighted by atomic mass is 10.2. The molecule has 1 N–H and O–H groups in total. The summed E-state index contributed by atoms with van der Waals surface area (Å²) in [6.07, 6.45) is 5.41. The van der Waals surface area contributed by atoms with Gasteiger partial charge in [-0.15, -0.1) is 0 Å². The van der Waals surface area contributed by atoms with E-state index >= 15 is 0 Å². The molecule has 1 aliphatic rings. The Kier molecular flexibility index (Phi) is 5.81. The maximum Gasteiger partial charge on any atom is 0.126 e. The second kappa shape index (κ2) is 7.64. The fourth-order valence-corrected chi connectivity index (χ4v) is 3.10. The summed E-state index contributed by atoms with van der Waals surface area (Å²) in [5.74, 6) is 2.08. The Balaban J connectivity index is 1.80. The molecule has 100 valence electrons. The smallest absolute Gasteiger partial charge is 0.126 e. The molecule has 1 fully saturated rings. The molecule has 0 radical (unpaired) electrons. The van der Waals surface area contributed by atoms with Gasteiger partial charge in [-0.2, -0.15) is 11.8 Å². The van der Waals surface area contributed by atoms with Crippen molar-refractivity contribution < 1.29 is 4.74 Å². The van der Waals surface area contributed by atoms with E-state index in [4.69, 9.17) is 4.74 Å². The van der Waals surface area contributed by atoms with Crippen LogP contribution in [0, 0.1) is 0 Å². The van der Waals surface area contributed by atoms with Crippen molar-refractivity contribution in [1.82, 2.24) is 4.98 Å². The lowest BCUT2D eigenvalue weighted by molar-refractivity contribution is 0.1000. The van der Waals surface area contributed by atoms with Gasteiger partial charge in [-0.3, -0.25) is 0 Å². The molecule has 1 saturated heterocycles. The highest BCUT2D eigenvalue weighted by Gasteiger charge is 2.13. The Labute approximate surface area is 114 Å². The van der Waals surface area contributed by atoms with Crippen LogP contribution in [0.1, 0.15) is 31.7 Å². The molecular formula is C14H22N2OS. The molecule has 0 aromatic carbocycles. The van der Waals surface area contributed by atoms with E-state index in [9.17, 15) is 0 Å². The summed E-state index contributed by atoms with van der Waals surface area (Å²) in [6.45, 7) is 5.01. The zero-order chi connectivity index (χ0) is 12.6. The van der Waals surface area contributed by atoms with Gasteiger partial charge in [-0.05, 0) is 37.0 Å². The molecule has 0 saturated carbocycles. The molecule has 0 bridgehead atoms. The number of nitrogens with one attached hydrogen (secondary N) is 1. The van der Waals surface area contributed by atoms with Gasteiger partial charge in [0.15, 0.2) is 0 Å². The number of pyridine rings is 1. The number of ether oxygens (including phenoxy) is 1. The maximum atomic E-state index is 5.38. The molecular weight excluding hydrogens is 244 g/mol. The molecule has 0 atom stereocenters. The van der Waals surface area contributed by atoms with Crippen LogP contribution in [0.25, 0.3) is 0 Å². The lowest BCUT2D eigenvalue weighted by Crippen LogP contribution is -2.17. The number of aromatic nitrogens is 1. The molecule has 2 heterocycles. The summed E-state index contributed by atoms with van der Waals surface area (Å²) in [5, 5.41) is 4.10. The third kappa shape index (κ3) is 4.50. The summed E-state index contributed by atoms with van der Waals surface area (Å²) >= 11 is 2.05. The Morgan fingerprint density at radius 1 is 1.44 bits per heavy atom. The van der Waals surface area contributed by atoms with Crippen molar-refractivity contribution in [3.63, 3.8) is 0 Å². The van der Waals surface area contributed by atoms with E-state index in [1.54, 1.807) is 0 Å². The van der Waals surface area contributed by atoms with Crippen LogP contribution in [0.15, 0.2) is 18.3 Å². The maximum absolute atomic E-state index is 5.38. The van der Waals surface area contributed by atoms with Gasteiger partial charge in [0.1, 0.15) is 5.82 Å². The highest BCUT2D eigenvalue weighted by Crippen LogP contribution is 2.25. The zero-order valence-electron chi connectivity index (χ0n) is 11.0. The topological polar surface area (TPSA) is 34.1 Å². The van der Waals surface area contributed by atoms with Crippen LogP contribution in [0.3, 0.4) is 0 Å². The van der Waals surface area contributed by atoms with Crippen LogP contribution in [0.2, 0.25) is 0 Å². The normalized spacial score (nSPS) is 16.7. The van der Waals surface area contributed by atoms with Gasteiger partial charge in [0.05, 0.1) is 0 Å². The third-order valence-corrected chi connectivity index (χ3v) is 4.48. The van der Waals surface area contributed by atoms with Crippen molar-refractivity contribution in [2.75, 3.05) is 25.1 Å². The van der Waals surface area contributed by atoms with Crippen LogP contribution in [-0.2, 0) is 10.5 Å². The number of rotatable bonds is 6. The Hall–Kier alpha value is -0.740. The summed E-state index contributed by atoms with van der Waals surface area (Å²) in [7, 11) is 0. The zero-order valence-corrected chi connectivity index (χ0v) is 11.8. The van der Waals surface area contributed by atoms with Gasteiger partial charge in [-0.1, -0.05) is 6.92 Å². The van der Waals surface area contributed by atoms with Gasteiger partial charge in [-0.25, -0.2) is 4.98 Å². The molecule has 4 heteroatoms. The SMILES string of the molecule is CCCNc1cc(CSC2CCOCC2)ccn1. The molecule has 1 aromatic rings. The van der Waals surface area contributed by atoms with Gasteiger partial charge >= 0.3 is 0 Å². The monoisotopic (exact) mass is 266 g/mol. The van der Waals surface area contributed by atoms with E-state index in [0.29, 0.717) is 0 Å². The van der Waals surface area contributed by atoms with Crippen LogP contribution in [0.5, 0.6) is 0 Å². The summed E-state index contributed by atoms with van der Waals surface area (Å²) in [6, 6.07) is 4.28. The minimum Gasteiger partial charge on any atom is -0.381 e. The predicted octanol–water partition coefficient (Wildman–Crippen LogP) is 3.32. The van der Waals surface area contributed by atoms with Crippen LogP contribution in [-0.4, -0.2) is 30.0 Å². The van der Waals surface area contributed by atoms with E-state index in [2.05, 4.69) is 29.4 Å². The van der Waals surface area contributed by atoms with E-state index in [1.165, 1.54) is 18.4 Å². The third-order valence-electron chi connectivity index (χ3n) is 3.03. The molecule has 0 aliphatic carbocycles. The molecule has 2 rings (SSSR count). The van der Waals surface area contributed by atoms with Crippen LogP contribution >= 0.6 is 11.8 Å². The summed E-state index contributed by atoms with van der Waals surface area (Å²) in [5.41, 5.74) is 1.36. The van der Waals surface area contributed by atoms with Crippen molar-refractivity contribution >= 4 is 17.6 Å². The van der Waals surface area contributed by atoms with Gasteiger partial charge in [0, 0.05) is 37.0 Å². The molecule has 1 aromatic heterocycles. The quantitative estimate of drug-likeness (QED) is 0.856. The van der Waals surface area contributed by atoms with Crippen molar-refractivity contribution in [3.05, 3.63) is 23.9 Å². The predicted molar refractivity (Wildman–Crippen MR) is 78.2 cm³/mol. The molecule has 0 amide bonds. The lowest BCUT2D eigenvalue weighted by Gasteiger charge is -2.21. The average molecular weight is 266 g/mol. The van der Waals surface area contributed by atoms with E-state index < -0.39 is 0 Å². The Morgan fingerprint density at radius 3 is 3.06 bits per heavy atom. The van der Waals surface area contributed by atoms with Gasteiger partial charge in [0.2, 0.25) is 0 Å². The molecule has 18 heavy (non-hydrogen) atoms. The fourth-order valence-electron chi connectivity index (χ4n) is 1.97. The van der Waals surface area contributed by atoms with Crippen LogP contribution in [0.4, 0.5) is 5.82 Å². The number of thioether (sulfide) groups is 1. The first-order chi connectivity index (χ1) is 8.88. The first-order valence-electron chi connectivity index (χ1n) is 6.76. The van der Waals surface area contributed by atoms with Crippen molar-refractivity contribution in [3.8, 4) is 0 Å². The van der Waals surface area contributed by atoms with Crippen molar-refractivity contribution in [2.45, 2.75) is 37.2 Å². The molecule has 0 spiro atoms. The van der Waals surface area contributed by atoms with Crippen molar-refractivity contribution in [1.29, 1.82) is 0 Å². The number of anilines is 1. The highest BCUT2D eigenvalue weighted by atomic mass is 32.2. The largest absolute Gasteiger partial charge is 0.381 e. The number of nitrogens with zero attached hydrogens (tertiary/aromatic N) is 1. The van der Waals surface area contributed by atoms with Crippen molar-refractivity contribution in [2.24, 2.45) is 0 Å².